The maximum absolute atomic E-state index is 6.33. The van der Waals surface area contributed by atoms with Gasteiger partial charge in [-0.3, -0.25) is 4.98 Å². The molecule has 1 aromatic carbocycles. The lowest BCUT2D eigenvalue weighted by molar-refractivity contribution is 0.414. The molecule has 1 unspecified atom stereocenters. The van der Waals surface area contributed by atoms with E-state index in [4.69, 9.17) is 9.16 Å². The maximum Gasteiger partial charge on any atom is 0.250 e. The molecule has 1 atom stereocenters. The minimum absolute atomic E-state index is 0.188. The number of pyridine rings is 1. The van der Waals surface area contributed by atoms with Crippen LogP contribution in [0.15, 0.2) is 42.6 Å². The number of benzene rings is 1. The molecule has 0 aliphatic heterocycles. The molecular weight excluding hydrogens is 338 g/mol. The number of rotatable bonds is 7. The van der Waals surface area contributed by atoms with E-state index in [1.54, 1.807) is 7.11 Å². The Balaban J connectivity index is 2.07. The van der Waals surface area contributed by atoms with Crippen molar-refractivity contribution < 1.29 is 9.16 Å². The lowest BCUT2D eigenvalue weighted by Gasteiger charge is -2.36. The summed E-state index contributed by atoms with van der Waals surface area (Å²) in [6.07, 6.45) is 3.90. The highest BCUT2D eigenvalue weighted by atomic mass is 28.4. The van der Waals surface area contributed by atoms with E-state index in [0.717, 1.165) is 30.0 Å². The third-order valence-electron chi connectivity index (χ3n) is 5.51. The van der Waals surface area contributed by atoms with Gasteiger partial charge in [0.1, 0.15) is 11.5 Å². The zero-order valence-electron chi connectivity index (χ0n) is 17.3. The number of nitrogens with zero attached hydrogens (tertiary/aromatic N) is 1. The molecule has 4 heteroatoms. The highest BCUT2D eigenvalue weighted by Crippen LogP contribution is 2.37. The van der Waals surface area contributed by atoms with Gasteiger partial charge in [0.15, 0.2) is 0 Å². The fraction of sp³-hybridized carbons (Fsp3) is 0.500. The zero-order valence-corrected chi connectivity index (χ0v) is 18.3. The van der Waals surface area contributed by atoms with Crippen LogP contribution in [0.3, 0.4) is 0 Å². The van der Waals surface area contributed by atoms with Crippen LogP contribution in [-0.4, -0.2) is 20.4 Å². The summed E-state index contributed by atoms with van der Waals surface area (Å²) in [7, 11) is -0.118. The van der Waals surface area contributed by atoms with Gasteiger partial charge in [-0.2, -0.15) is 0 Å². The number of aromatic nitrogens is 1. The van der Waals surface area contributed by atoms with E-state index in [-0.39, 0.29) is 5.04 Å². The van der Waals surface area contributed by atoms with Gasteiger partial charge < -0.3 is 9.16 Å². The molecule has 1 aromatic heterocycles. The van der Waals surface area contributed by atoms with Crippen LogP contribution in [0.5, 0.6) is 11.5 Å². The summed E-state index contributed by atoms with van der Waals surface area (Å²) in [4.78, 5) is 4.66. The van der Waals surface area contributed by atoms with Crippen molar-refractivity contribution >= 4 is 8.32 Å². The first kappa shape index (κ1) is 20.5. The van der Waals surface area contributed by atoms with E-state index in [0.29, 0.717) is 5.92 Å². The van der Waals surface area contributed by atoms with E-state index in [1.807, 2.05) is 18.3 Å². The predicted octanol–water partition coefficient (Wildman–Crippen LogP) is 6.21. The zero-order chi connectivity index (χ0) is 19.4. The van der Waals surface area contributed by atoms with Crippen molar-refractivity contribution in [1.82, 2.24) is 4.98 Å². The number of hydrogen-bond donors (Lipinski definition) is 0. The molecule has 2 rings (SSSR count). The standard InChI is InChI=1S/C22H33NO2Si/c1-8-17(18-9-12-20(24-5)13-10-18)15-19-11-14-21(16-23-19)25-26(6,7)22(2,3)4/h9-14,16-17H,8,15H2,1-7H3. The Kier molecular flexibility index (Phi) is 6.51. The summed E-state index contributed by atoms with van der Waals surface area (Å²) in [6, 6.07) is 12.5. The first-order valence-electron chi connectivity index (χ1n) is 9.44. The first-order chi connectivity index (χ1) is 12.2. The molecule has 26 heavy (non-hydrogen) atoms. The molecule has 1 heterocycles. The predicted molar refractivity (Wildman–Crippen MR) is 112 cm³/mol. The monoisotopic (exact) mass is 371 g/mol. The lowest BCUT2D eigenvalue weighted by Crippen LogP contribution is -2.43. The van der Waals surface area contributed by atoms with Crippen LogP contribution in [-0.2, 0) is 6.42 Å². The van der Waals surface area contributed by atoms with Gasteiger partial charge in [-0.05, 0) is 66.7 Å². The fourth-order valence-electron chi connectivity index (χ4n) is 2.67. The molecule has 142 valence electrons. The third kappa shape index (κ3) is 5.10. The minimum atomic E-state index is -1.82. The highest BCUT2D eigenvalue weighted by Gasteiger charge is 2.39. The highest BCUT2D eigenvalue weighted by molar-refractivity contribution is 6.74. The van der Waals surface area contributed by atoms with Crippen molar-refractivity contribution in [3.05, 3.63) is 53.9 Å². The molecule has 0 fully saturated rings. The Morgan fingerprint density at radius 1 is 1.00 bits per heavy atom. The van der Waals surface area contributed by atoms with E-state index in [1.165, 1.54) is 5.56 Å². The molecule has 0 spiro atoms. The topological polar surface area (TPSA) is 31.4 Å². The van der Waals surface area contributed by atoms with Gasteiger partial charge in [-0.15, -0.1) is 0 Å². The molecular formula is C22H33NO2Si. The lowest BCUT2D eigenvalue weighted by atomic mass is 9.91. The van der Waals surface area contributed by atoms with Crippen molar-refractivity contribution in [2.75, 3.05) is 7.11 Å². The van der Waals surface area contributed by atoms with Crippen LogP contribution in [0, 0.1) is 0 Å². The van der Waals surface area contributed by atoms with Gasteiger partial charge in [0.2, 0.25) is 0 Å². The molecule has 3 nitrogen and oxygen atoms in total. The summed E-state index contributed by atoms with van der Waals surface area (Å²) in [5.74, 6) is 2.24. The average Bonchev–Trinajstić information content (AvgIpc) is 2.60. The van der Waals surface area contributed by atoms with E-state index < -0.39 is 8.32 Å². The van der Waals surface area contributed by atoms with Gasteiger partial charge in [0, 0.05) is 5.69 Å². The van der Waals surface area contributed by atoms with Gasteiger partial charge in [-0.1, -0.05) is 39.8 Å². The molecule has 0 saturated carbocycles. The summed E-state index contributed by atoms with van der Waals surface area (Å²) < 4.78 is 11.6. The summed E-state index contributed by atoms with van der Waals surface area (Å²) in [5, 5.41) is 0.188. The Morgan fingerprint density at radius 3 is 2.08 bits per heavy atom. The van der Waals surface area contributed by atoms with Crippen molar-refractivity contribution in [1.29, 1.82) is 0 Å². The van der Waals surface area contributed by atoms with Crippen molar-refractivity contribution in [2.24, 2.45) is 0 Å². The van der Waals surface area contributed by atoms with Crippen molar-refractivity contribution in [3.8, 4) is 11.5 Å². The SMILES string of the molecule is CCC(Cc1ccc(O[Si](C)(C)C(C)(C)C)cn1)c1ccc(OC)cc1. The minimum Gasteiger partial charge on any atom is -0.542 e. The van der Waals surface area contributed by atoms with E-state index in [2.05, 4.69) is 70.0 Å². The fourth-order valence-corrected chi connectivity index (χ4v) is 3.68. The second-order valence-corrected chi connectivity index (χ2v) is 13.2. The largest absolute Gasteiger partial charge is 0.542 e. The third-order valence-corrected chi connectivity index (χ3v) is 9.87. The summed E-state index contributed by atoms with van der Waals surface area (Å²) >= 11 is 0. The molecule has 0 aliphatic rings. The number of methoxy groups -OCH3 is 1. The quantitative estimate of drug-likeness (QED) is 0.542. The number of hydrogen-bond acceptors (Lipinski definition) is 3. The van der Waals surface area contributed by atoms with E-state index >= 15 is 0 Å². The molecule has 0 N–H and O–H groups in total. The van der Waals surface area contributed by atoms with Crippen LogP contribution in [0.25, 0.3) is 0 Å². The molecule has 0 amide bonds. The summed E-state index contributed by atoms with van der Waals surface area (Å²) in [6.45, 7) is 13.5. The second kappa shape index (κ2) is 8.25. The normalized spacial score (nSPS) is 13.3. The maximum atomic E-state index is 6.33. The van der Waals surface area contributed by atoms with Crippen LogP contribution < -0.4 is 9.16 Å². The molecule has 0 bridgehead atoms. The van der Waals surface area contributed by atoms with Crippen molar-refractivity contribution in [2.45, 2.75) is 64.6 Å². The molecule has 0 radical (unpaired) electrons. The Bertz CT molecular complexity index is 688. The van der Waals surface area contributed by atoms with Crippen LogP contribution >= 0.6 is 0 Å². The molecule has 0 saturated heterocycles. The first-order valence-corrected chi connectivity index (χ1v) is 12.3. The van der Waals surface area contributed by atoms with E-state index in [9.17, 15) is 0 Å². The Labute approximate surface area is 159 Å². The second-order valence-electron chi connectivity index (χ2n) is 8.43. The average molecular weight is 372 g/mol. The van der Waals surface area contributed by atoms with Crippen LogP contribution in [0.2, 0.25) is 18.1 Å². The Morgan fingerprint density at radius 2 is 1.62 bits per heavy atom. The van der Waals surface area contributed by atoms with Crippen LogP contribution in [0.1, 0.15) is 51.3 Å². The molecule has 2 aromatic rings. The number of ether oxygens (including phenoxy) is 1. The van der Waals surface area contributed by atoms with Gasteiger partial charge in [0.25, 0.3) is 8.32 Å². The van der Waals surface area contributed by atoms with Gasteiger partial charge in [0.05, 0.1) is 13.3 Å². The van der Waals surface area contributed by atoms with Crippen molar-refractivity contribution in [3.63, 3.8) is 0 Å². The van der Waals surface area contributed by atoms with Gasteiger partial charge in [-0.25, -0.2) is 0 Å². The Hall–Kier alpha value is -1.81. The molecule has 0 aliphatic carbocycles. The van der Waals surface area contributed by atoms with Crippen LogP contribution in [0.4, 0.5) is 0 Å². The summed E-state index contributed by atoms with van der Waals surface area (Å²) in [5.41, 5.74) is 2.44. The smallest absolute Gasteiger partial charge is 0.250 e. The van der Waals surface area contributed by atoms with Gasteiger partial charge >= 0.3 is 0 Å².